The Morgan fingerprint density at radius 1 is 1.11 bits per heavy atom. The summed E-state index contributed by atoms with van der Waals surface area (Å²) in [4.78, 5) is 26.6. The van der Waals surface area contributed by atoms with Gasteiger partial charge in [-0.25, -0.2) is 0 Å². The summed E-state index contributed by atoms with van der Waals surface area (Å²) in [6.07, 6.45) is 1.73. The number of carbonyl (C=O) groups is 2. The number of carbonyl (C=O) groups excluding carboxylic acids is 2. The maximum atomic E-state index is 12.6. The predicted octanol–water partition coefficient (Wildman–Crippen LogP) is 2.00. The summed E-state index contributed by atoms with van der Waals surface area (Å²) in [6.45, 7) is 0.958. The number of aromatic amines is 1. The molecule has 8 nitrogen and oxygen atoms in total. The summed E-state index contributed by atoms with van der Waals surface area (Å²) in [6, 6.07) is 10.7. The molecular formula is C19H16N4O4. The van der Waals surface area contributed by atoms with Gasteiger partial charge < -0.3 is 19.7 Å². The van der Waals surface area contributed by atoms with Crippen molar-refractivity contribution < 1.29 is 19.1 Å². The summed E-state index contributed by atoms with van der Waals surface area (Å²) in [5.41, 5.74) is 2.10. The minimum Gasteiger partial charge on any atom is -0.454 e. The van der Waals surface area contributed by atoms with E-state index in [-0.39, 0.29) is 24.5 Å². The van der Waals surface area contributed by atoms with Crippen molar-refractivity contribution in [2.24, 2.45) is 5.92 Å². The Morgan fingerprint density at radius 2 is 1.96 bits per heavy atom. The first-order chi connectivity index (χ1) is 13.2. The van der Waals surface area contributed by atoms with Gasteiger partial charge in [0.05, 0.1) is 17.6 Å². The molecule has 2 N–H and O–H groups in total. The maximum Gasteiger partial charge on any atom is 0.254 e. The summed E-state index contributed by atoms with van der Waals surface area (Å²) >= 11 is 0. The largest absolute Gasteiger partial charge is 0.454 e. The van der Waals surface area contributed by atoms with E-state index >= 15 is 0 Å². The lowest BCUT2D eigenvalue weighted by atomic mass is 9.97. The van der Waals surface area contributed by atoms with E-state index in [1.807, 2.05) is 18.2 Å². The van der Waals surface area contributed by atoms with Crippen LogP contribution < -0.4 is 14.8 Å². The van der Waals surface area contributed by atoms with Crippen LogP contribution in [0.15, 0.2) is 42.6 Å². The molecule has 136 valence electrons. The normalized spacial score (nSPS) is 15.6. The molecular weight excluding hydrogens is 348 g/mol. The first kappa shape index (κ1) is 15.7. The molecule has 1 aromatic heterocycles. The average Bonchev–Trinajstić information content (AvgIpc) is 3.28. The van der Waals surface area contributed by atoms with E-state index in [0.29, 0.717) is 35.8 Å². The number of ether oxygens (including phenoxy) is 2. The Hall–Kier alpha value is -3.55. The van der Waals surface area contributed by atoms with E-state index in [0.717, 1.165) is 10.9 Å². The number of hydrogen-bond acceptors (Lipinski definition) is 5. The molecule has 0 radical (unpaired) electrons. The fourth-order valence-electron chi connectivity index (χ4n) is 3.28. The summed E-state index contributed by atoms with van der Waals surface area (Å²) in [5.74, 6) is 0.784. The zero-order valence-electron chi connectivity index (χ0n) is 14.3. The molecule has 3 aromatic rings. The molecule has 5 rings (SSSR count). The standard InChI is InChI=1S/C19H16N4O4/c24-18(21-14-3-1-12-7-20-22-15(12)6-14)13-8-23(9-13)19(25)11-2-4-16-17(5-11)27-10-26-16/h1-7,13H,8-10H2,(H,20,22)(H,21,24). The fourth-order valence-corrected chi connectivity index (χ4v) is 3.28. The van der Waals surface area contributed by atoms with E-state index in [9.17, 15) is 9.59 Å². The van der Waals surface area contributed by atoms with Crippen LogP contribution in [0.4, 0.5) is 5.69 Å². The number of nitrogens with one attached hydrogen (secondary N) is 2. The van der Waals surface area contributed by atoms with E-state index in [1.165, 1.54) is 0 Å². The van der Waals surface area contributed by atoms with Gasteiger partial charge in [0.25, 0.3) is 5.91 Å². The topological polar surface area (TPSA) is 96.6 Å². The highest BCUT2D eigenvalue weighted by Crippen LogP contribution is 2.33. The zero-order valence-corrected chi connectivity index (χ0v) is 14.3. The molecule has 0 atom stereocenters. The lowest BCUT2D eigenvalue weighted by Crippen LogP contribution is -2.54. The quantitative estimate of drug-likeness (QED) is 0.741. The van der Waals surface area contributed by atoms with Gasteiger partial charge in [-0.05, 0) is 36.4 Å². The SMILES string of the molecule is O=C(Nc1ccc2cn[nH]c2c1)C1CN(C(=O)c2ccc3c(c2)OCO3)C1. The average molecular weight is 364 g/mol. The Labute approximate surface area is 154 Å². The van der Waals surface area contributed by atoms with Gasteiger partial charge in [-0.3, -0.25) is 14.7 Å². The second-order valence-corrected chi connectivity index (χ2v) is 6.64. The molecule has 2 aliphatic rings. The molecule has 2 aromatic carbocycles. The highest BCUT2D eigenvalue weighted by molar-refractivity contribution is 5.99. The van der Waals surface area contributed by atoms with Crippen molar-refractivity contribution in [3.63, 3.8) is 0 Å². The lowest BCUT2D eigenvalue weighted by molar-refractivity contribution is -0.123. The van der Waals surface area contributed by atoms with E-state index in [4.69, 9.17) is 9.47 Å². The van der Waals surface area contributed by atoms with Gasteiger partial charge in [-0.15, -0.1) is 0 Å². The Kier molecular flexibility index (Phi) is 3.49. The summed E-state index contributed by atoms with van der Waals surface area (Å²) < 4.78 is 10.6. The fraction of sp³-hybridized carbons (Fsp3) is 0.211. The van der Waals surface area contributed by atoms with Crippen molar-refractivity contribution in [2.45, 2.75) is 0 Å². The Balaban J connectivity index is 1.21. The van der Waals surface area contributed by atoms with Crippen LogP contribution in [0.25, 0.3) is 10.9 Å². The second-order valence-electron chi connectivity index (χ2n) is 6.64. The smallest absolute Gasteiger partial charge is 0.254 e. The Bertz CT molecular complexity index is 1050. The predicted molar refractivity (Wildman–Crippen MR) is 96.7 cm³/mol. The number of H-pyrrole nitrogens is 1. The first-order valence-electron chi connectivity index (χ1n) is 8.60. The van der Waals surface area contributed by atoms with Crippen molar-refractivity contribution in [2.75, 3.05) is 25.2 Å². The highest BCUT2D eigenvalue weighted by atomic mass is 16.7. The van der Waals surface area contributed by atoms with Gasteiger partial charge in [0, 0.05) is 29.7 Å². The van der Waals surface area contributed by atoms with Crippen molar-refractivity contribution in [3.8, 4) is 11.5 Å². The van der Waals surface area contributed by atoms with Gasteiger partial charge in [0.2, 0.25) is 12.7 Å². The van der Waals surface area contributed by atoms with Crippen molar-refractivity contribution in [1.82, 2.24) is 15.1 Å². The molecule has 8 heteroatoms. The summed E-state index contributed by atoms with van der Waals surface area (Å²) in [5, 5.41) is 10.7. The number of rotatable bonds is 3. The molecule has 0 saturated carbocycles. The minimum atomic E-state index is -0.222. The molecule has 0 unspecified atom stereocenters. The second kappa shape index (κ2) is 6.01. The number of aromatic nitrogens is 2. The molecule has 0 bridgehead atoms. The van der Waals surface area contributed by atoms with Crippen LogP contribution in [0.5, 0.6) is 11.5 Å². The van der Waals surface area contributed by atoms with Crippen molar-refractivity contribution in [1.29, 1.82) is 0 Å². The number of hydrogen-bond donors (Lipinski definition) is 2. The third-order valence-electron chi connectivity index (χ3n) is 4.87. The molecule has 1 saturated heterocycles. The molecule has 0 aliphatic carbocycles. The third-order valence-corrected chi connectivity index (χ3v) is 4.87. The molecule has 0 spiro atoms. The van der Waals surface area contributed by atoms with E-state index in [1.54, 1.807) is 29.3 Å². The van der Waals surface area contributed by atoms with Gasteiger partial charge in [-0.1, -0.05) is 0 Å². The minimum absolute atomic E-state index is 0.0939. The monoisotopic (exact) mass is 364 g/mol. The van der Waals surface area contributed by atoms with Crippen molar-refractivity contribution >= 4 is 28.4 Å². The number of nitrogens with zero attached hydrogens (tertiary/aromatic N) is 2. The molecule has 1 fully saturated rings. The first-order valence-corrected chi connectivity index (χ1v) is 8.60. The van der Waals surface area contributed by atoms with E-state index < -0.39 is 0 Å². The van der Waals surface area contributed by atoms with Crippen LogP contribution in [0.2, 0.25) is 0 Å². The number of benzene rings is 2. The highest BCUT2D eigenvalue weighted by Gasteiger charge is 2.36. The van der Waals surface area contributed by atoms with Crippen LogP contribution in [-0.2, 0) is 4.79 Å². The molecule has 2 amide bonds. The van der Waals surface area contributed by atoms with Crippen LogP contribution >= 0.6 is 0 Å². The number of likely N-dealkylation sites (tertiary alicyclic amines) is 1. The van der Waals surface area contributed by atoms with Crippen LogP contribution in [0.1, 0.15) is 10.4 Å². The molecule has 3 heterocycles. The Morgan fingerprint density at radius 3 is 2.85 bits per heavy atom. The van der Waals surface area contributed by atoms with Gasteiger partial charge >= 0.3 is 0 Å². The third kappa shape index (κ3) is 2.75. The zero-order chi connectivity index (χ0) is 18.4. The van der Waals surface area contributed by atoms with Gasteiger partial charge in [0.1, 0.15) is 0 Å². The lowest BCUT2D eigenvalue weighted by Gasteiger charge is -2.38. The molecule has 27 heavy (non-hydrogen) atoms. The van der Waals surface area contributed by atoms with Gasteiger partial charge in [-0.2, -0.15) is 5.10 Å². The maximum absolute atomic E-state index is 12.6. The van der Waals surface area contributed by atoms with Gasteiger partial charge in [0.15, 0.2) is 11.5 Å². The molecule has 2 aliphatic heterocycles. The number of anilines is 1. The van der Waals surface area contributed by atoms with Crippen LogP contribution in [0, 0.1) is 5.92 Å². The summed E-state index contributed by atoms with van der Waals surface area (Å²) in [7, 11) is 0. The van der Waals surface area contributed by atoms with E-state index in [2.05, 4.69) is 15.5 Å². The number of fused-ring (bicyclic) bond motifs is 2. The van der Waals surface area contributed by atoms with Crippen molar-refractivity contribution in [3.05, 3.63) is 48.2 Å². The van der Waals surface area contributed by atoms with Crippen LogP contribution in [0.3, 0.4) is 0 Å². The number of amides is 2. The van der Waals surface area contributed by atoms with Crippen LogP contribution in [-0.4, -0.2) is 46.8 Å².